The molecule has 0 unspecified atom stereocenters. The Kier molecular flexibility index (Phi) is 2.36. The van der Waals surface area contributed by atoms with Crippen LogP contribution in [0.15, 0.2) is 0 Å². The number of aryl methyl sites for hydroxylation is 1. The zero-order valence-electron chi connectivity index (χ0n) is 8.73. The van der Waals surface area contributed by atoms with Gasteiger partial charge in [-0.3, -0.25) is 0 Å². The van der Waals surface area contributed by atoms with Crippen molar-refractivity contribution in [2.24, 2.45) is 0 Å². The smallest absolute Gasteiger partial charge is 0.224 e. The number of aromatic nitrogens is 5. The van der Waals surface area contributed by atoms with E-state index in [-0.39, 0.29) is 5.95 Å². The van der Waals surface area contributed by atoms with Crippen molar-refractivity contribution in [3.63, 3.8) is 0 Å². The summed E-state index contributed by atoms with van der Waals surface area (Å²) in [4.78, 5) is 8.16. The second-order valence-electron chi connectivity index (χ2n) is 3.17. The molecule has 2 aromatic rings. The zero-order valence-corrected chi connectivity index (χ0v) is 8.73. The van der Waals surface area contributed by atoms with E-state index in [1.54, 1.807) is 11.7 Å². The van der Waals surface area contributed by atoms with Crippen LogP contribution in [0.2, 0.25) is 0 Å². The fourth-order valence-corrected chi connectivity index (χ4v) is 1.41. The maximum Gasteiger partial charge on any atom is 0.224 e. The maximum absolute atomic E-state index is 5.59. The summed E-state index contributed by atoms with van der Waals surface area (Å²) in [6.45, 7) is 2.84. The van der Waals surface area contributed by atoms with E-state index in [9.17, 15) is 0 Å². The van der Waals surface area contributed by atoms with Crippen LogP contribution < -0.4 is 11.1 Å². The van der Waals surface area contributed by atoms with Crippen molar-refractivity contribution in [3.8, 4) is 0 Å². The predicted octanol–water partition coefficient (Wildman–Crippen LogP) is 0.255. The number of hydrogen-bond acceptors (Lipinski definition) is 6. The first-order valence-corrected chi connectivity index (χ1v) is 4.80. The molecule has 0 atom stereocenters. The molecule has 0 aromatic carbocycles. The number of nitrogen functional groups attached to an aromatic ring is 1. The summed E-state index contributed by atoms with van der Waals surface area (Å²) in [7, 11) is 1.76. The Labute approximate surface area is 86.7 Å². The van der Waals surface area contributed by atoms with Gasteiger partial charge < -0.3 is 11.1 Å². The van der Waals surface area contributed by atoms with Crippen LogP contribution in [0.25, 0.3) is 11.2 Å². The molecule has 0 spiro atoms. The molecule has 15 heavy (non-hydrogen) atoms. The first-order chi connectivity index (χ1) is 7.26. The summed E-state index contributed by atoms with van der Waals surface area (Å²) >= 11 is 0. The van der Waals surface area contributed by atoms with Gasteiger partial charge in [-0.1, -0.05) is 12.1 Å². The average Bonchev–Trinajstić information content (AvgIpc) is 2.61. The van der Waals surface area contributed by atoms with E-state index in [1.165, 1.54) is 0 Å². The molecule has 0 radical (unpaired) electrons. The normalized spacial score (nSPS) is 10.8. The van der Waals surface area contributed by atoms with E-state index in [1.807, 2.05) is 0 Å². The second kappa shape index (κ2) is 3.68. The van der Waals surface area contributed by atoms with Gasteiger partial charge in [0.15, 0.2) is 17.0 Å². The molecule has 0 fully saturated rings. The van der Waals surface area contributed by atoms with Crippen molar-refractivity contribution in [1.29, 1.82) is 0 Å². The largest absolute Gasteiger partial charge is 0.371 e. The van der Waals surface area contributed by atoms with Crippen LogP contribution in [0.4, 0.5) is 11.8 Å². The second-order valence-corrected chi connectivity index (χ2v) is 3.17. The van der Waals surface area contributed by atoms with Crippen molar-refractivity contribution < 1.29 is 0 Å². The van der Waals surface area contributed by atoms with Crippen LogP contribution in [-0.4, -0.2) is 32.0 Å². The molecular formula is C8H13N7. The molecule has 0 saturated carbocycles. The highest BCUT2D eigenvalue weighted by molar-refractivity contribution is 5.83. The Bertz CT molecular complexity index is 475. The highest BCUT2D eigenvalue weighted by atomic mass is 15.4. The van der Waals surface area contributed by atoms with Crippen molar-refractivity contribution in [3.05, 3.63) is 0 Å². The van der Waals surface area contributed by atoms with Crippen LogP contribution >= 0.6 is 0 Å². The lowest BCUT2D eigenvalue weighted by molar-refractivity contribution is 0.591. The molecule has 7 heteroatoms. The molecule has 2 heterocycles. The summed E-state index contributed by atoms with van der Waals surface area (Å²) in [6.07, 6.45) is 0.969. The maximum atomic E-state index is 5.59. The molecule has 0 aliphatic heterocycles. The fourth-order valence-electron chi connectivity index (χ4n) is 1.41. The molecule has 3 N–H and O–H groups in total. The predicted molar refractivity (Wildman–Crippen MR) is 57.4 cm³/mol. The molecule has 0 amide bonds. The van der Waals surface area contributed by atoms with E-state index in [0.29, 0.717) is 17.0 Å². The Hall–Kier alpha value is -1.92. The Balaban J connectivity index is 2.64. The third kappa shape index (κ3) is 1.56. The van der Waals surface area contributed by atoms with Crippen LogP contribution in [0, 0.1) is 0 Å². The minimum atomic E-state index is 0.228. The first kappa shape index (κ1) is 9.63. The minimum absolute atomic E-state index is 0.228. The number of nitrogens with zero attached hydrogens (tertiary/aromatic N) is 5. The van der Waals surface area contributed by atoms with Gasteiger partial charge in [-0.15, -0.1) is 5.10 Å². The third-order valence-corrected chi connectivity index (χ3v) is 2.05. The summed E-state index contributed by atoms with van der Waals surface area (Å²) in [5.74, 6) is 0.839. The molecular weight excluding hydrogens is 194 g/mol. The van der Waals surface area contributed by atoms with Crippen LogP contribution in [0.1, 0.15) is 13.3 Å². The summed E-state index contributed by atoms with van der Waals surface area (Å²) in [6, 6.07) is 0. The Morgan fingerprint density at radius 3 is 2.87 bits per heavy atom. The zero-order chi connectivity index (χ0) is 10.8. The lowest BCUT2D eigenvalue weighted by Crippen LogP contribution is -2.04. The number of fused-ring (bicyclic) bond motifs is 1. The molecule has 0 bridgehead atoms. The van der Waals surface area contributed by atoms with Gasteiger partial charge in [0, 0.05) is 13.6 Å². The SMILES string of the molecule is CCCn1nnc2c(NC)nc(N)nc21. The minimum Gasteiger partial charge on any atom is -0.371 e. The standard InChI is InChI=1S/C8H13N7/c1-3-4-15-7-5(13-14-15)6(10-2)11-8(9)12-7/h3-4H2,1-2H3,(H3,9,10,11,12). The molecule has 7 nitrogen and oxygen atoms in total. The van der Waals surface area contributed by atoms with Gasteiger partial charge in [0.25, 0.3) is 0 Å². The molecule has 2 aromatic heterocycles. The summed E-state index contributed by atoms with van der Waals surface area (Å²) in [5.41, 5.74) is 6.92. The van der Waals surface area contributed by atoms with Gasteiger partial charge >= 0.3 is 0 Å². The number of nitrogens with two attached hydrogens (primary N) is 1. The van der Waals surface area contributed by atoms with Gasteiger partial charge in [-0.05, 0) is 6.42 Å². The third-order valence-electron chi connectivity index (χ3n) is 2.05. The quantitative estimate of drug-likeness (QED) is 0.749. The number of anilines is 2. The van der Waals surface area contributed by atoms with Gasteiger partial charge in [-0.25, -0.2) is 4.68 Å². The molecule has 0 saturated heterocycles. The highest BCUT2D eigenvalue weighted by Crippen LogP contribution is 2.17. The number of rotatable bonds is 3. The highest BCUT2D eigenvalue weighted by Gasteiger charge is 2.11. The average molecular weight is 207 g/mol. The summed E-state index contributed by atoms with van der Waals surface area (Å²) in [5, 5.41) is 10.9. The van der Waals surface area contributed by atoms with E-state index >= 15 is 0 Å². The fraction of sp³-hybridized carbons (Fsp3) is 0.500. The van der Waals surface area contributed by atoms with E-state index in [4.69, 9.17) is 5.73 Å². The van der Waals surface area contributed by atoms with Gasteiger partial charge in [-0.2, -0.15) is 9.97 Å². The van der Waals surface area contributed by atoms with Gasteiger partial charge in [0.1, 0.15) is 0 Å². The Morgan fingerprint density at radius 1 is 1.40 bits per heavy atom. The first-order valence-electron chi connectivity index (χ1n) is 4.80. The lowest BCUT2D eigenvalue weighted by atomic mass is 10.4. The number of nitrogens with one attached hydrogen (secondary N) is 1. The van der Waals surface area contributed by atoms with E-state index < -0.39 is 0 Å². The van der Waals surface area contributed by atoms with Crippen molar-refractivity contribution >= 4 is 22.9 Å². The van der Waals surface area contributed by atoms with Crippen LogP contribution in [-0.2, 0) is 6.54 Å². The molecule has 2 rings (SSSR count). The Morgan fingerprint density at radius 2 is 2.20 bits per heavy atom. The van der Waals surface area contributed by atoms with Crippen molar-refractivity contribution in [2.75, 3.05) is 18.1 Å². The van der Waals surface area contributed by atoms with E-state index in [2.05, 4.69) is 32.5 Å². The van der Waals surface area contributed by atoms with Gasteiger partial charge in [0.2, 0.25) is 5.95 Å². The van der Waals surface area contributed by atoms with Crippen molar-refractivity contribution in [1.82, 2.24) is 25.0 Å². The molecule has 80 valence electrons. The van der Waals surface area contributed by atoms with E-state index in [0.717, 1.165) is 13.0 Å². The summed E-state index contributed by atoms with van der Waals surface area (Å²) < 4.78 is 1.73. The lowest BCUT2D eigenvalue weighted by Gasteiger charge is -2.02. The number of hydrogen-bond donors (Lipinski definition) is 2. The molecule has 0 aliphatic carbocycles. The monoisotopic (exact) mass is 207 g/mol. The van der Waals surface area contributed by atoms with Gasteiger partial charge in [0.05, 0.1) is 0 Å². The van der Waals surface area contributed by atoms with Crippen LogP contribution in [0.3, 0.4) is 0 Å². The topological polar surface area (TPSA) is 94.5 Å². The van der Waals surface area contributed by atoms with Crippen LogP contribution in [0.5, 0.6) is 0 Å². The molecule has 0 aliphatic rings. The van der Waals surface area contributed by atoms with Crippen molar-refractivity contribution in [2.45, 2.75) is 19.9 Å².